The maximum atomic E-state index is 10.6. The molecule has 5 heteroatoms. The predicted molar refractivity (Wildman–Crippen MR) is 53.2 cm³/mol. The van der Waals surface area contributed by atoms with E-state index >= 15 is 0 Å². The molecule has 0 bridgehead atoms. The fraction of sp³-hybridized carbons (Fsp3) is 0. The predicted octanol–water partition coefficient (Wildman–Crippen LogP) is 2.49. The Labute approximate surface area is 85.8 Å². The Kier molecular flexibility index (Phi) is 2.74. The third-order valence-corrected chi connectivity index (χ3v) is 3.17. The Bertz CT molecular complexity index is 338. The highest BCUT2D eigenvalue weighted by atomic mass is 79.9. The van der Waals surface area contributed by atoms with Crippen molar-refractivity contribution in [2.24, 2.45) is 0 Å². The van der Waals surface area contributed by atoms with Gasteiger partial charge in [-0.15, -0.1) is 0 Å². The minimum Gasteiger partial charge on any atom is -0.478 e. The van der Waals surface area contributed by atoms with E-state index in [2.05, 4.69) is 31.9 Å². The lowest BCUT2D eigenvalue weighted by Gasteiger charge is -2.02. The van der Waals surface area contributed by atoms with Crippen LogP contribution in [0.2, 0.25) is 0 Å². The van der Waals surface area contributed by atoms with E-state index in [-0.39, 0.29) is 11.3 Å². The number of halogens is 2. The zero-order valence-corrected chi connectivity index (χ0v) is 9.02. The van der Waals surface area contributed by atoms with E-state index < -0.39 is 5.97 Å². The van der Waals surface area contributed by atoms with Gasteiger partial charge in [-0.05, 0) is 44.0 Å². The summed E-state index contributed by atoms with van der Waals surface area (Å²) < 4.78 is 1.42. The Morgan fingerprint density at radius 2 is 1.83 bits per heavy atom. The van der Waals surface area contributed by atoms with Crippen molar-refractivity contribution in [1.82, 2.24) is 0 Å². The van der Waals surface area contributed by atoms with Gasteiger partial charge in [0, 0.05) is 14.6 Å². The molecule has 12 heavy (non-hydrogen) atoms. The van der Waals surface area contributed by atoms with E-state index in [4.69, 9.17) is 10.8 Å². The van der Waals surface area contributed by atoms with Crippen molar-refractivity contribution in [3.05, 3.63) is 26.6 Å². The molecule has 0 aliphatic carbocycles. The number of nitrogens with two attached hydrogens (primary N) is 1. The summed E-state index contributed by atoms with van der Waals surface area (Å²) in [6, 6.07) is 3.01. The number of carboxylic acids is 1. The number of carboxylic acid groups (broad SMARTS) is 1. The third kappa shape index (κ3) is 1.78. The smallest absolute Gasteiger partial charge is 0.337 e. The molecule has 1 aromatic carbocycles. The molecule has 3 nitrogen and oxygen atoms in total. The SMILES string of the molecule is Nc1cc(Br)c(Br)cc1C(=O)O. The lowest BCUT2D eigenvalue weighted by Crippen LogP contribution is -2.02. The number of carbonyl (C=O) groups is 1. The number of anilines is 1. The number of nitrogen functional groups attached to an aromatic ring is 1. The standard InChI is InChI=1S/C7H5Br2NO2/c8-4-1-3(7(11)12)6(10)2-5(4)9/h1-2H,10H2,(H,11,12). The van der Waals surface area contributed by atoms with Crippen molar-refractivity contribution >= 4 is 43.5 Å². The first-order valence-corrected chi connectivity index (χ1v) is 4.59. The second-order valence-corrected chi connectivity index (χ2v) is 3.87. The number of rotatable bonds is 1. The molecule has 0 heterocycles. The van der Waals surface area contributed by atoms with Crippen molar-refractivity contribution in [3.8, 4) is 0 Å². The van der Waals surface area contributed by atoms with E-state index in [1.807, 2.05) is 0 Å². The van der Waals surface area contributed by atoms with Gasteiger partial charge in [0.05, 0.1) is 5.56 Å². The molecular formula is C7H5Br2NO2. The fourth-order valence-electron chi connectivity index (χ4n) is 0.747. The zero-order chi connectivity index (χ0) is 9.30. The maximum Gasteiger partial charge on any atom is 0.337 e. The van der Waals surface area contributed by atoms with Gasteiger partial charge in [0.1, 0.15) is 0 Å². The first-order valence-electron chi connectivity index (χ1n) is 3.00. The molecule has 0 aromatic heterocycles. The van der Waals surface area contributed by atoms with Gasteiger partial charge in [-0.2, -0.15) is 0 Å². The van der Waals surface area contributed by atoms with Gasteiger partial charge in [0.2, 0.25) is 0 Å². The van der Waals surface area contributed by atoms with Gasteiger partial charge in [-0.25, -0.2) is 4.79 Å². The Morgan fingerprint density at radius 3 is 2.33 bits per heavy atom. The van der Waals surface area contributed by atoms with Crippen molar-refractivity contribution in [2.45, 2.75) is 0 Å². The van der Waals surface area contributed by atoms with Crippen LogP contribution >= 0.6 is 31.9 Å². The van der Waals surface area contributed by atoms with Gasteiger partial charge in [0.15, 0.2) is 0 Å². The Hall–Kier alpha value is -0.550. The summed E-state index contributed by atoms with van der Waals surface area (Å²) in [6.45, 7) is 0. The maximum absolute atomic E-state index is 10.6. The second kappa shape index (κ2) is 3.45. The van der Waals surface area contributed by atoms with Crippen molar-refractivity contribution < 1.29 is 9.90 Å². The van der Waals surface area contributed by atoms with Crippen LogP contribution in [0, 0.1) is 0 Å². The van der Waals surface area contributed by atoms with Gasteiger partial charge in [-0.3, -0.25) is 0 Å². The van der Waals surface area contributed by atoms with Gasteiger partial charge in [-0.1, -0.05) is 0 Å². The molecule has 64 valence electrons. The summed E-state index contributed by atoms with van der Waals surface area (Å²) in [5.74, 6) is -1.03. The largest absolute Gasteiger partial charge is 0.478 e. The average Bonchev–Trinajstić information content (AvgIpc) is 1.96. The first-order chi connectivity index (χ1) is 5.52. The van der Waals surface area contributed by atoms with Crippen LogP contribution in [0.25, 0.3) is 0 Å². The molecule has 3 N–H and O–H groups in total. The fourth-order valence-corrected chi connectivity index (χ4v) is 1.45. The molecule has 1 rings (SSSR count). The summed E-state index contributed by atoms with van der Waals surface area (Å²) >= 11 is 6.39. The molecule has 0 amide bonds. The van der Waals surface area contributed by atoms with Crippen LogP contribution in [0.3, 0.4) is 0 Å². The summed E-state index contributed by atoms with van der Waals surface area (Å²) in [4.78, 5) is 10.6. The van der Waals surface area contributed by atoms with Crippen LogP contribution in [0.1, 0.15) is 10.4 Å². The normalized spacial score (nSPS) is 9.83. The highest BCUT2D eigenvalue weighted by Crippen LogP contribution is 2.27. The molecule has 0 saturated heterocycles. The summed E-state index contributed by atoms with van der Waals surface area (Å²) in [7, 11) is 0. The lowest BCUT2D eigenvalue weighted by molar-refractivity contribution is 0.0698. The Balaban J connectivity index is 3.33. The summed E-state index contributed by atoms with van der Waals surface area (Å²) in [5, 5.41) is 8.66. The van der Waals surface area contributed by atoms with E-state index in [1.54, 1.807) is 6.07 Å². The van der Waals surface area contributed by atoms with Crippen LogP contribution in [-0.2, 0) is 0 Å². The lowest BCUT2D eigenvalue weighted by atomic mass is 10.2. The van der Waals surface area contributed by atoms with Crippen molar-refractivity contribution in [1.29, 1.82) is 0 Å². The third-order valence-electron chi connectivity index (χ3n) is 1.32. The van der Waals surface area contributed by atoms with Crippen molar-refractivity contribution in [3.63, 3.8) is 0 Å². The van der Waals surface area contributed by atoms with E-state index in [0.717, 1.165) is 4.47 Å². The summed E-state index contributed by atoms with van der Waals surface area (Å²) in [5.41, 5.74) is 5.81. The van der Waals surface area contributed by atoms with Crippen LogP contribution in [0.5, 0.6) is 0 Å². The summed E-state index contributed by atoms with van der Waals surface area (Å²) in [6.07, 6.45) is 0. The highest BCUT2D eigenvalue weighted by molar-refractivity contribution is 9.13. The van der Waals surface area contributed by atoms with Crippen LogP contribution in [0.15, 0.2) is 21.1 Å². The second-order valence-electron chi connectivity index (χ2n) is 2.16. The topological polar surface area (TPSA) is 63.3 Å². The zero-order valence-electron chi connectivity index (χ0n) is 5.84. The quantitative estimate of drug-likeness (QED) is 0.782. The molecule has 1 aromatic rings. The highest BCUT2D eigenvalue weighted by Gasteiger charge is 2.09. The Morgan fingerprint density at radius 1 is 1.33 bits per heavy atom. The monoisotopic (exact) mass is 293 g/mol. The van der Waals surface area contributed by atoms with Gasteiger partial charge >= 0.3 is 5.97 Å². The molecule has 0 unspecified atom stereocenters. The molecule has 0 radical (unpaired) electrons. The number of hydrogen-bond acceptors (Lipinski definition) is 2. The molecule has 0 saturated carbocycles. The first kappa shape index (κ1) is 9.54. The average molecular weight is 295 g/mol. The molecule has 0 aliphatic rings. The molecule has 0 aliphatic heterocycles. The minimum absolute atomic E-state index is 0.102. The van der Waals surface area contributed by atoms with Crippen LogP contribution < -0.4 is 5.73 Å². The van der Waals surface area contributed by atoms with E-state index in [0.29, 0.717) is 4.47 Å². The van der Waals surface area contributed by atoms with Gasteiger partial charge < -0.3 is 10.8 Å². The van der Waals surface area contributed by atoms with Crippen LogP contribution in [-0.4, -0.2) is 11.1 Å². The minimum atomic E-state index is -1.03. The number of aromatic carboxylic acids is 1. The molecule has 0 atom stereocenters. The molecular weight excluding hydrogens is 290 g/mol. The molecule has 0 spiro atoms. The van der Waals surface area contributed by atoms with E-state index in [1.165, 1.54) is 6.07 Å². The van der Waals surface area contributed by atoms with Gasteiger partial charge in [0.25, 0.3) is 0 Å². The number of hydrogen-bond donors (Lipinski definition) is 2. The molecule has 0 fully saturated rings. The van der Waals surface area contributed by atoms with E-state index in [9.17, 15) is 4.79 Å². The van der Waals surface area contributed by atoms with Crippen molar-refractivity contribution in [2.75, 3.05) is 5.73 Å². The number of benzene rings is 1. The van der Waals surface area contributed by atoms with Crippen LogP contribution in [0.4, 0.5) is 5.69 Å².